The van der Waals surface area contributed by atoms with E-state index in [0.717, 1.165) is 16.7 Å². The Kier molecular flexibility index (Phi) is 23.0. The van der Waals surface area contributed by atoms with E-state index in [1.165, 1.54) is 60.2 Å². The molecule has 23 nitrogen and oxygen atoms in total. The van der Waals surface area contributed by atoms with Gasteiger partial charge in [-0.3, -0.25) is 44.0 Å². The number of ketones is 1. The Morgan fingerprint density at radius 2 is 1.74 bits per heavy atom. The normalized spacial score (nSPS) is 24.7. The zero-order chi connectivity index (χ0) is 65.2. The van der Waals surface area contributed by atoms with Crippen LogP contribution in [0, 0.1) is 18.8 Å². The summed E-state index contributed by atoms with van der Waals surface area (Å²) >= 11 is 12.5. The van der Waals surface area contributed by atoms with Gasteiger partial charge >= 0.3 is 18.1 Å². The summed E-state index contributed by atoms with van der Waals surface area (Å²) in [5.41, 5.74) is 5.78. The number of carbonyl (C=O) groups is 9. The van der Waals surface area contributed by atoms with Gasteiger partial charge < -0.3 is 55.5 Å². The van der Waals surface area contributed by atoms with Gasteiger partial charge in [-0.2, -0.15) is 0 Å². The predicted octanol–water partition coefficient (Wildman–Crippen LogP) is 6.15. The van der Waals surface area contributed by atoms with Gasteiger partial charge in [-0.25, -0.2) is 14.4 Å². The molecule has 4 aliphatic rings. The number of nitrogens with zero attached hydrogens (tertiary/aromatic N) is 4. The minimum Gasteiger partial charge on any atom is -0.457 e. The summed E-state index contributed by atoms with van der Waals surface area (Å²) in [6.07, 6.45) is 6.82. The summed E-state index contributed by atoms with van der Waals surface area (Å²) in [4.78, 5) is 130. The van der Waals surface area contributed by atoms with E-state index in [0.29, 0.717) is 65.3 Å². The number of halogens is 1. The summed E-state index contributed by atoms with van der Waals surface area (Å²) in [5, 5.41) is 23.9. The maximum atomic E-state index is 14.7. The number of carbonyl (C=O) groups excluding carboxylic acids is 9. The quantitative estimate of drug-likeness (QED) is 0.0216. The number of nitrogens with two attached hydrogens (primary N) is 1. The van der Waals surface area contributed by atoms with Gasteiger partial charge in [-0.05, 0) is 107 Å². The lowest BCUT2D eigenvalue weighted by molar-refractivity contribution is -0.158. The second-order valence-corrected chi connectivity index (χ2v) is 24.9. The van der Waals surface area contributed by atoms with E-state index in [4.69, 9.17) is 48.5 Å². The van der Waals surface area contributed by atoms with Crippen LogP contribution in [0.15, 0.2) is 78.5 Å². The Labute approximate surface area is 528 Å². The molecule has 3 aromatic rings. The average molecular weight is 1270 g/mol. The molecule has 4 bridgehead atoms. The molecule has 2 aromatic carbocycles. The number of allylic oxidation sites excluding steroid dienone is 3. The number of unbranched alkanes of at least 4 members (excludes halogenated alkanes) is 2. The van der Waals surface area contributed by atoms with Crippen LogP contribution in [-0.4, -0.2) is 166 Å². The molecule has 89 heavy (non-hydrogen) atoms. The number of pyridine rings is 1. The first-order valence-electron chi connectivity index (χ1n) is 29.9. The van der Waals surface area contributed by atoms with Gasteiger partial charge in [0.05, 0.1) is 45.3 Å². The number of fused-ring (bicyclic) bond motifs is 6. The van der Waals surface area contributed by atoms with E-state index in [9.17, 15) is 48.3 Å². The number of imide groups is 1. The van der Waals surface area contributed by atoms with Crippen molar-refractivity contribution in [2.24, 2.45) is 17.6 Å². The molecule has 7 N–H and O–H groups in total. The van der Waals surface area contributed by atoms with Crippen molar-refractivity contribution in [2.75, 3.05) is 39.2 Å². The van der Waals surface area contributed by atoms with Crippen LogP contribution in [0.5, 0.6) is 0 Å². The Bertz CT molecular complexity index is 3320. The molecule has 0 spiro atoms. The molecular formula is C64H82ClN9O14S. The van der Waals surface area contributed by atoms with Crippen LogP contribution >= 0.6 is 23.8 Å². The van der Waals surface area contributed by atoms with Crippen molar-refractivity contribution in [1.82, 2.24) is 36.1 Å². The minimum atomic E-state index is -1.90. The highest BCUT2D eigenvalue weighted by molar-refractivity contribution is 7.80. The number of urea groups is 1. The molecule has 10 atom stereocenters. The number of anilines is 1. The highest BCUT2D eigenvalue weighted by atomic mass is 35.5. The van der Waals surface area contributed by atoms with Crippen molar-refractivity contribution in [3.8, 4) is 0 Å². The Balaban J connectivity index is 1.08. The second-order valence-electron chi connectivity index (χ2n) is 24.0. The number of aromatic nitrogens is 1. The number of rotatable bonds is 22. The zero-order valence-electron chi connectivity index (χ0n) is 52.0. The van der Waals surface area contributed by atoms with Crippen molar-refractivity contribution in [3.63, 3.8) is 0 Å². The van der Waals surface area contributed by atoms with Gasteiger partial charge in [-0.15, -0.1) is 0 Å². The number of esters is 1. The number of benzene rings is 2. The Hall–Kier alpha value is -7.64. The SMILES string of the molecule is CO[C@@H]1/C=C/C=C(\C)Cc2cc(C)c(Cl)c(c2)N(C)C(=O)C[C@H](OC(=O)[C@H](C)N(C)C(=O)c2ccc(CC(=O)[C@H](CCCNC(N)=O)NC(=O)[C@@H](NC(=S)CCCCCN3C(=O)C=CC3=O)C(C)C)c3cccnc23)[C@]2(C)O[C@H]2[C@H](C)[C@@H]2C[C@@]1(O)NC(=O)O2. The van der Waals surface area contributed by atoms with Crippen molar-refractivity contribution in [2.45, 2.75) is 167 Å². The van der Waals surface area contributed by atoms with Crippen LogP contribution < -0.4 is 31.9 Å². The number of hydrogen-bond donors (Lipinski definition) is 6. The van der Waals surface area contributed by atoms with Crippen molar-refractivity contribution in [3.05, 3.63) is 106 Å². The molecule has 0 saturated carbocycles. The van der Waals surface area contributed by atoms with Crippen molar-refractivity contribution < 1.29 is 67.2 Å². The molecule has 2 saturated heterocycles. The minimum absolute atomic E-state index is 0.0927. The van der Waals surface area contributed by atoms with Crippen LogP contribution in [-0.2, 0) is 60.6 Å². The maximum absolute atomic E-state index is 14.7. The number of alkyl carbamates (subject to hydrolysis) is 1. The molecule has 25 heteroatoms. The third kappa shape index (κ3) is 16.8. The topological polar surface area (TPSA) is 311 Å². The number of thiocarbonyl (C=S) groups is 1. The van der Waals surface area contributed by atoms with E-state index in [-0.39, 0.29) is 66.8 Å². The molecule has 0 unspecified atom stereocenters. The fourth-order valence-corrected chi connectivity index (χ4v) is 12.0. The monoisotopic (exact) mass is 1270 g/mol. The molecule has 480 valence electrons. The molecule has 5 heterocycles. The van der Waals surface area contributed by atoms with Gasteiger partial charge in [0.15, 0.2) is 11.5 Å². The summed E-state index contributed by atoms with van der Waals surface area (Å²) < 4.78 is 24.1. The van der Waals surface area contributed by atoms with Crippen LogP contribution in [0.1, 0.15) is 120 Å². The highest BCUT2D eigenvalue weighted by Crippen LogP contribution is 2.49. The van der Waals surface area contributed by atoms with Crippen LogP contribution in [0.2, 0.25) is 5.02 Å². The van der Waals surface area contributed by atoms with E-state index in [1.807, 2.05) is 45.9 Å². The van der Waals surface area contributed by atoms with Crippen molar-refractivity contribution >= 4 is 98.8 Å². The van der Waals surface area contributed by atoms with Crippen LogP contribution in [0.4, 0.5) is 15.3 Å². The van der Waals surface area contributed by atoms with E-state index < -0.39 is 102 Å². The van der Waals surface area contributed by atoms with E-state index >= 15 is 0 Å². The first-order chi connectivity index (χ1) is 42.1. The molecule has 0 radical (unpaired) electrons. The predicted molar refractivity (Wildman–Crippen MR) is 336 cm³/mol. The maximum Gasteiger partial charge on any atom is 0.409 e. The lowest BCUT2D eigenvalue weighted by atomic mass is 9.83. The number of methoxy groups -OCH3 is 1. The fourth-order valence-electron chi connectivity index (χ4n) is 11.5. The molecule has 0 aliphatic carbocycles. The zero-order valence-corrected chi connectivity index (χ0v) is 53.6. The first-order valence-corrected chi connectivity index (χ1v) is 30.7. The third-order valence-electron chi connectivity index (χ3n) is 17.0. The highest BCUT2D eigenvalue weighted by Gasteiger charge is 2.64. The molecule has 2 fully saturated rings. The average Bonchev–Trinajstić information content (AvgIpc) is 1.71. The molecule has 1 aromatic heterocycles. The van der Waals surface area contributed by atoms with Gasteiger partial charge in [0.2, 0.25) is 11.8 Å². The number of aryl methyl sites for hydroxylation is 1. The summed E-state index contributed by atoms with van der Waals surface area (Å²) in [7, 11) is 4.41. The smallest absolute Gasteiger partial charge is 0.409 e. The summed E-state index contributed by atoms with van der Waals surface area (Å²) in [6, 6.07) is 6.33. The molecular weight excluding hydrogens is 1190 g/mol. The Morgan fingerprint density at radius 1 is 1.02 bits per heavy atom. The molecule has 4 aliphatic heterocycles. The number of nitrogens with one attached hydrogen (secondary N) is 4. The van der Waals surface area contributed by atoms with Gasteiger partial charge in [-0.1, -0.05) is 93.0 Å². The lowest BCUT2D eigenvalue weighted by Gasteiger charge is -2.42. The number of aliphatic hydroxyl groups is 1. The van der Waals surface area contributed by atoms with E-state index in [1.54, 1.807) is 51.2 Å². The number of Topliss-reactive ketones (excluding diaryl/α,β-unsaturated/α-hetero) is 1. The number of epoxide rings is 1. The summed E-state index contributed by atoms with van der Waals surface area (Å²) in [6.45, 7) is 12.8. The largest absolute Gasteiger partial charge is 0.457 e. The Morgan fingerprint density at radius 3 is 2.43 bits per heavy atom. The van der Waals surface area contributed by atoms with Crippen LogP contribution in [0.3, 0.4) is 0 Å². The van der Waals surface area contributed by atoms with Crippen LogP contribution in [0.25, 0.3) is 10.9 Å². The second kappa shape index (κ2) is 29.8. The van der Waals surface area contributed by atoms with Gasteiger partial charge in [0.1, 0.15) is 36.0 Å². The fraction of sp³-hybridized carbons (Fsp3) is 0.516. The number of ether oxygens (including phenoxy) is 4. The first kappa shape index (κ1) is 68.8. The molecule has 8 amide bonds. The number of amides is 8. The van der Waals surface area contributed by atoms with Gasteiger partial charge in [0.25, 0.3) is 17.7 Å². The van der Waals surface area contributed by atoms with Crippen molar-refractivity contribution in [1.29, 1.82) is 0 Å². The lowest BCUT2D eigenvalue weighted by Crippen LogP contribution is -2.63. The van der Waals surface area contributed by atoms with Gasteiger partial charge in [0, 0.05) is 76.8 Å². The number of likely N-dealkylation sites (N-methyl/N-ethyl adjacent to an activating group) is 1. The number of primary amides is 1. The molecule has 7 rings (SSSR count). The summed E-state index contributed by atoms with van der Waals surface area (Å²) in [5.74, 6) is -4.41. The standard InChI is InChI=1S/C64H82ClN9O14S/c1-35(2)55(70-50(89)21-12-11-13-28-74-51(76)24-25-52(74)77)58(79)69-44(19-16-27-68-61(66)82)46(75)32-41-22-23-43(56-42(41)18-15-26-67-56)59(80)72(8)39(6)60(81)87-49-33-53(78)73(9)45-31-40(30-37(4)54(45)65)29-36(3)17-14-20-48(85-10)64(84)34-47(86-62(83)71-64)38(5)57-63(49,7)88-57/h14-15,17-18,20,22-26,30-31,35,38-39,44,47-49,55,57,84H,11-13,16,19,21,27-29,32-34H2,1-10H3,(H,69,79)(H,70,89)(H,71,83)(H3,66,68,82)/b20-14+,36-17+/t38-,39+,44+,47+,48-,49+,55+,57+,63+,64+/m1/s1. The third-order valence-corrected chi connectivity index (χ3v) is 17.8. The number of hydrogen-bond acceptors (Lipinski definition) is 16. The van der Waals surface area contributed by atoms with E-state index in [2.05, 4.69) is 26.3 Å².